The van der Waals surface area contributed by atoms with Crippen molar-refractivity contribution in [1.29, 1.82) is 0 Å². The van der Waals surface area contributed by atoms with Gasteiger partial charge in [0.05, 0.1) is 0 Å². The molecule has 4 heteroatoms. The van der Waals surface area contributed by atoms with Gasteiger partial charge in [-0.25, -0.2) is 0 Å². The summed E-state index contributed by atoms with van der Waals surface area (Å²) >= 11 is 0.333. The van der Waals surface area contributed by atoms with Crippen molar-refractivity contribution in [2.45, 2.75) is 0 Å². The number of rotatable bonds is 0. The molecule has 0 fully saturated rings. The topological polar surface area (TPSA) is 17.1 Å². The summed E-state index contributed by atoms with van der Waals surface area (Å²) in [6, 6.07) is 0. The van der Waals surface area contributed by atoms with Crippen LogP contribution in [0.2, 0.25) is 0 Å². The van der Waals surface area contributed by atoms with Crippen LogP contribution < -0.4 is 0 Å². The minimum atomic E-state index is 0. The molecule has 0 N–H and O–H groups in total. The molecule has 0 bridgehead atoms. The van der Waals surface area contributed by atoms with E-state index in [1.165, 1.54) is 0 Å². The van der Waals surface area contributed by atoms with Gasteiger partial charge in [-0.05, 0) is 0 Å². The third kappa shape index (κ3) is 9.78. The van der Waals surface area contributed by atoms with Gasteiger partial charge in [0.1, 0.15) is 0 Å². The molecule has 0 spiro atoms. The van der Waals surface area contributed by atoms with Crippen LogP contribution in [-0.2, 0) is 56.2 Å². The standard InChI is InChI=1S/2Ni.O.W. The fourth-order valence-corrected chi connectivity index (χ4v) is 0. The van der Waals surface area contributed by atoms with Crippen LogP contribution in [0.15, 0.2) is 0 Å². The normalized spacial score (nSPS) is 1.00. The average molecular weight is 317 g/mol. The molecule has 0 radical (unpaired) electrons. The van der Waals surface area contributed by atoms with Gasteiger partial charge in [-0.2, -0.15) is 0 Å². The Hall–Kier alpha value is 1.48. The van der Waals surface area contributed by atoms with E-state index in [2.05, 4.69) is 0 Å². The summed E-state index contributed by atoms with van der Waals surface area (Å²) in [5.74, 6) is 0. The summed E-state index contributed by atoms with van der Waals surface area (Å²) in [6.07, 6.45) is 0. The second kappa shape index (κ2) is 24.8. The summed E-state index contributed by atoms with van der Waals surface area (Å²) in [5.41, 5.74) is 0. The summed E-state index contributed by atoms with van der Waals surface area (Å²) in [4.78, 5) is 0. The molecule has 0 atom stereocenters. The van der Waals surface area contributed by atoms with Crippen LogP contribution in [0.4, 0.5) is 0 Å². The second-order valence-electron chi connectivity index (χ2n) is 0. The van der Waals surface area contributed by atoms with Crippen molar-refractivity contribution in [3.8, 4) is 0 Å². The van der Waals surface area contributed by atoms with E-state index in [0.717, 1.165) is 0 Å². The van der Waals surface area contributed by atoms with Crippen molar-refractivity contribution in [3.63, 3.8) is 0 Å². The van der Waals surface area contributed by atoms with E-state index in [0.29, 0.717) is 19.8 Å². The van der Waals surface area contributed by atoms with E-state index in [-0.39, 0.29) is 33.0 Å². The molecule has 0 aromatic heterocycles. The van der Waals surface area contributed by atoms with Crippen molar-refractivity contribution in [2.24, 2.45) is 0 Å². The van der Waals surface area contributed by atoms with E-state index in [4.69, 9.17) is 3.40 Å². The van der Waals surface area contributed by atoms with Crippen LogP contribution in [0.5, 0.6) is 0 Å². The molecule has 0 saturated carbocycles. The molecule has 0 saturated heterocycles. The predicted octanol–water partition coefficient (Wildman–Crippen LogP) is -0.126. The zero-order valence-corrected chi connectivity index (χ0v) is 6.36. The average Bonchev–Trinajstić information content (AvgIpc) is 1.00. The Bertz CT molecular complexity index is 6.00. The first-order valence-electron chi connectivity index (χ1n) is 0.167. The Labute approximate surface area is 56.0 Å². The first kappa shape index (κ1) is 17.9. The van der Waals surface area contributed by atoms with E-state index in [1.807, 2.05) is 0 Å². The fourth-order valence-electron chi connectivity index (χ4n) is 0. The molecule has 0 aliphatic heterocycles. The Balaban J connectivity index is -0.00000000500. The van der Waals surface area contributed by atoms with E-state index >= 15 is 0 Å². The molecule has 32 valence electrons. The van der Waals surface area contributed by atoms with Gasteiger partial charge in [0, 0.05) is 33.0 Å². The quantitative estimate of drug-likeness (QED) is 0.569. The van der Waals surface area contributed by atoms with Gasteiger partial charge in [-0.1, -0.05) is 0 Å². The number of hydrogen-bond acceptors (Lipinski definition) is 1. The van der Waals surface area contributed by atoms with Gasteiger partial charge in [0.2, 0.25) is 0 Å². The van der Waals surface area contributed by atoms with Gasteiger partial charge >= 0.3 is 23.2 Å². The van der Waals surface area contributed by atoms with Crippen molar-refractivity contribution in [1.82, 2.24) is 0 Å². The molecule has 0 unspecified atom stereocenters. The third-order valence-electron chi connectivity index (χ3n) is 0. The molecule has 0 rings (SSSR count). The van der Waals surface area contributed by atoms with E-state index in [9.17, 15) is 0 Å². The summed E-state index contributed by atoms with van der Waals surface area (Å²) in [7, 11) is 0. The SMILES string of the molecule is [Ni].[Ni].[O]=[W]. The number of hydrogen-bond donors (Lipinski definition) is 0. The molecule has 0 aromatic rings. The molecule has 1 nitrogen and oxygen atoms in total. The maximum atomic E-state index is 8.33. The van der Waals surface area contributed by atoms with Gasteiger partial charge in [0.15, 0.2) is 0 Å². The van der Waals surface area contributed by atoms with E-state index in [1.54, 1.807) is 0 Å². The predicted molar refractivity (Wildman–Crippen MR) is 0.686 cm³/mol. The molecule has 0 aromatic carbocycles. The Morgan fingerprint density at radius 3 is 1.00 bits per heavy atom. The van der Waals surface area contributed by atoms with Crippen molar-refractivity contribution in [2.75, 3.05) is 0 Å². The molecule has 0 aliphatic carbocycles. The molecule has 0 amide bonds. The first-order valence-corrected chi connectivity index (χ1v) is 1.36. The van der Waals surface area contributed by atoms with Gasteiger partial charge < -0.3 is 0 Å². The summed E-state index contributed by atoms with van der Waals surface area (Å²) in [5, 5.41) is 0. The van der Waals surface area contributed by atoms with Crippen LogP contribution in [0.1, 0.15) is 0 Å². The first-order chi connectivity index (χ1) is 1.00. The van der Waals surface area contributed by atoms with Gasteiger partial charge in [-0.15, -0.1) is 0 Å². The Morgan fingerprint density at radius 2 is 1.00 bits per heavy atom. The van der Waals surface area contributed by atoms with Crippen molar-refractivity contribution >= 4 is 0 Å². The summed E-state index contributed by atoms with van der Waals surface area (Å²) < 4.78 is 8.33. The van der Waals surface area contributed by atoms with Gasteiger partial charge in [-0.3, -0.25) is 0 Å². The van der Waals surface area contributed by atoms with Crippen LogP contribution >= 0.6 is 0 Å². The molecular weight excluding hydrogens is 317 g/mol. The second-order valence-corrected chi connectivity index (χ2v) is 0. The van der Waals surface area contributed by atoms with Gasteiger partial charge in [0.25, 0.3) is 0 Å². The van der Waals surface area contributed by atoms with Crippen LogP contribution in [0.3, 0.4) is 0 Å². The zero-order chi connectivity index (χ0) is 2.00. The molecule has 0 aliphatic rings. The van der Waals surface area contributed by atoms with Crippen LogP contribution in [-0.4, -0.2) is 0 Å². The zero-order valence-electron chi connectivity index (χ0n) is 1.45. The summed E-state index contributed by atoms with van der Waals surface area (Å²) in [6.45, 7) is 0. The Kier molecular flexibility index (Phi) is 111. The van der Waals surface area contributed by atoms with Crippen molar-refractivity contribution < 1.29 is 56.2 Å². The molecule has 4 heavy (non-hydrogen) atoms. The Morgan fingerprint density at radius 1 is 1.00 bits per heavy atom. The fraction of sp³-hybridized carbons (Fsp3) is 0. The maximum absolute atomic E-state index is 8.33. The molecule has 0 heterocycles. The van der Waals surface area contributed by atoms with Crippen LogP contribution in [0.25, 0.3) is 0 Å². The van der Waals surface area contributed by atoms with Crippen LogP contribution in [0, 0.1) is 0 Å². The monoisotopic (exact) mass is 316 g/mol. The minimum absolute atomic E-state index is 0. The van der Waals surface area contributed by atoms with Crippen molar-refractivity contribution in [3.05, 3.63) is 0 Å². The molecular formula is Ni2OW. The van der Waals surface area contributed by atoms with E-state index < -0.39 is 0 Å². The third-order valence-corrected chi connectivity index (χ3v) is 0.